The van der Waals surface area contributed by atoms with Gasteiger partial charge in [-0.15, -0.1) is 0 Å². The van der Waals surface area contributed by atoms with Gasteiger partial charge in [0.05, 0.1) is 12.8 Å². The first-order chi connectivity index (χ1) is 13.9. The minimum atomic E-state index is -0.971. The number of H-pyrrole nitrogens is 1. The van der Waals surface area contributed by atoms with Crippen molar-refractivity contribution >= 4 is 23.2 Å². The number of methoxy groups -OCH3 is 1. The van der Waals surface area contributed by atoms with Crippen molar-refractivity contribution in [2.75, 3.05) is 38.2 Å². The molecule has 3 aromatic rings. The first-order valence-electron chi connectivity index (χ1n) is 9.00. The Morgan fingerprint density at radius 1 is 1.17 bits per heavy atom. The second-order valence-electron chi connectivity index (χ2n) is 6.67. The Balaban J connectivity index is 1.96. The zero-order valence-electron chi connectivity index (χ0n) is 16.0. The maximum absolute atomic E-state index is 12.7. The topological polar surface area (TPSA) is 126 Å². The van der Waals surface area contributed by atoms with Crippen molar-refractivity contribution in [3.8, 4) is 11.4 Å². The number of imidazole rings is 1. The number of piperazine rings is 1. The van der Waals surface area contributed by atoms with Crippen LogP contribution in [0.15, 0.2) is 33.9 Å². The van der Waals surface area contributed by atoms with Crippen LogP contribution in [-0.4, -0.2) is 68.5 Å². The van der Waals surface area contributed by atoms with Crippen LogP contribution in [0.1, 0.15) is 0 Å². The fourth-order valence-corrected chi connectivity index (χ4v) is 3.52. The van der Waals surface area contributed by atoms with Crippen molar-refractivity contribution in [3.05, 3.63) is 45.1 Å². The molecule has 11 heteroatoms. The minimum Gasteiger partial charge on any atom is -0.495 e. The summed E-state index contributed by atoms with van der Waals surface area (Å²) in [6.45, 7) is 1.41. The quantitative estimate of drug-likeness (QED) is 0.644. The van der Waals surface area contributed by atoms with Crippen LogP contribution in [0.2, 0.25) is 0 Å². The van der Waals surface area contributed by atoms with E-state index in [1.165, 1.54) is 23.6 Å². The number of ether oxygens (including phenoxy) is 1. The number of amides is 1. The molecule has 0 radical (unpaired) electrons. The fraction of sp³-hybridized carbons (Fsp3) is 0.333. The van der Waals surface area contributed by atoms with Crippen molar-refractivity contribution in [1.82, 2.24) is 24.0 Å². The smallest absolute Gasteiger partial charge is 0.407 e. The van der Waals surface area contributed by atoms with Crippen LogP contribution in [0.5, 0.6) is 5.75 Å². The molecule has 29 heavy (non-hydrogen) atoms. The van der Waals surface area contributed by atoms with Crippen molar-refractivity contribution in [1.29, 1.82) is 0 Å². The molecule has 3 heterocycles. The summed E-state index contributed by atoms with van der Waals surface area (Å²) in [7, 11) is 3.07. The second kappa shape index (κ2) is 7.00. The average molecular weight is 400 g/mol. The summed E-state index contributed by atoms with van der Waals surface area (Å²) in [4.78, 5) is 46.1. The number of nitrogens with zero attached hydrogens (tertiary/aromatic N) is 5. The molecule has 0 atom stereocenters. The van der Waals surface area contributed by atoms with Crippen molar-refractivity contribution in [3.63, 3.8) is 0 Å². The predicted octanol–water partition coefficient (Wildman–Crippen LogP) is 0.221. The van der Waals surface area contributed by atoms with Gasteiger partial charge in [0.1, 0.15) is 5.75 Å². The van der Waals surface area contributed by atoms with Gasteiger partial charge in [0.2, 0.25) is 5.95 Å². The van der Waals surface area contributed by atoms with Gasteiger partial charge in [-0.2, -0.15) is 4.98 Å². The number of aryl methyl sites for hydroxylation is 1. The SMILES string of the molecule is COc1ccccc1-n1c(N2CCN(C(=O)O)CC2)nc2c1c(=O)[nH]c(=O)n2C. The highest BCUT2D eigenvalue weighted by atomic mass is 16.5. The summed E-state index contributed by atoms with van der Waals surface area (Å²) in [5, 5.41) is 9.20. The van der Waals surface area contributed by atoms with Crippen molar-refractivity contribution < 1.29 is 14.6 Å². The lowest BCUT2D eigenvalue weighted by atomic mass is 10.2. The number of benzene rings is 1. The van der Waals surface area contributed by atoms with E-state index in [9.17, 15) is 19.5 Å². The van der Waals surface area contributed by atoms with Gasteiger partial charge in [0.25, 0.3) is 5.56 Å². The molecule has 1 aliphatic heterocycles. The Hall–Kier alpha value is -3.76. The van der Waals surface area contributed by atoms with E-state index in [0.717, 1.165) is 0 Å². The molecular weight excluding hydrogens is 380 g/mol. The van der Waals surface area contributed by atoms with E-state index in [1.807, 2.05) is 17.0 Å². The van der Waals surface area contributed by atoms with E-state index >= 15 is 0 Å². The zero-order valence-corrected chi connectivity index (χ0v) is 16.0. The highest BCUT2D eigenvalue weighted by Crippen LogP contribution is 2.30. The molecule has 1 amide bonds. The van der Waals surface area contributed by atoms with Gasteiger partial charge in [-0.05, 0) is 12.1 Å². The summed E-state index contributed by atoms with van der Waals surface area (Å²) in [6, 6.07) is 7.18. The molecule has 2 N–H and O–H groups in total. The van der Waals surface area contributed by atoms with Crippen LogP contribution >= 0.6 is 0 Å². The number of anilines is 1. The number of rotatable bonds is 3. The molecule has 1 aliphatic rings. The molecule has 11 nitrogen and oxygen atoms in total. The van der Waals surface area contributed by atoms with Crippen LogP contribution in [0, 0.1) is 0 Å². The van der Waals surface area contributed by atoms with Crippen LogP contribution in [0.3, 0.4) is 0 Å². The monoisotopic (exact) mass is 400 g/mol. The number of fused-ring (bicyclic) bond motifs is 1. The van der Waals surface area contributed by atoms with E-state index in [0.29, 0.717) is 43.6 Å². The number of carboxylic acid groups (broad SMARTS) is 1. The summed E-state index contributed by atoms with van der Waals surface area (Å²) >= 11 is 0. The molecule has 2 aromatic heterocycles. The van der Waals surface area contributed by atoms with Crippen molar-refractivity contribution in [2.24, 2.45) is 7.05 Å². The lowest BCUT2D eigenvalue weighted by Crippen LogP contribution is -2.49. The number of hydrogen-bond donors (Lipinski definition) is 2. The summed E-state index contributed by atoms with van der Waals surface area (Å²) in [5.74, 6) is 0.978. The minimum absolute atomic E-state index is 0.215. The van der Waals surface area contributed by atoms with Gasteiger partial charge >= 0.3 is 11.8 Å². The molecule has 0 bridgehead atoms. The van der Waals surface area contributed by atoms with Gasteiger partial charge in [0, 0.05) is 33.2 Å². The Morgan fingerprint density at radius 3 is 2.52 bits per heavy atom. The number of hydrogen-bond acceptors (Lipinski definition) is 6. The van der Waals surface area contributed by atoms with E-state index in [-0.39, 0.29) is 11.2 Å². The molecule has 1 saturated heterocycles. The molecular formula is C18H20N6O5. The largest absolute Gasteiger partial charge is 0.495 e. The van der Waals surface area contributed by atoms with Crippen molar-refractivity contribution in [2.45, 2.75) is 0 Å². The Kier molecular flexibility index (Phi) is 4.49. The Bertz CT molecular complexity index is 1200. The summed E-state index contributed by atoms with van der Waals surface area (Å²) < 4.78 is 8.40. The summed E-state index contributed by atoms with van der Waals surface area (Å²) in [5.41, 5.74) is -0.0729. The van der Waals surface area contributed by atoms with Gasteiger partial charge in [-0.1, -0.05) is 12.1 Å². The molecule has 0 saturated carbocycles. The number of aromatic nitrogens is 4. The first kappa shape index (κ1) is 18.6. The molecule has 1 aromatic carbocycles. The Morgan fingerprint density at radius 2 is 1.86 bits per heavy atom. The summed E-state index contributed by atoms with van der Waals surface area (Å²) in [6.07, 6.45) is -0.971. The van der Waals surface area contributed by atoms with E-state index < -0.39 is 17.3 Å². The fourth-order valence-electron chi connectivity index (χ4n) is 3.52. The first-order valence-corrected chi connectivity index (χ1v) is 9.00. The molecule has 4 rings (SSSR count). The predicted molar refractivity (Wildman–Crippen MR) is 105 cm³/mol. The van der Waals surface area contributed by atoms with Gasteiger partial charge in [0.15, 0.2) is 11.2 Å². The van der Waals surface area contributed by atoms with Crippen LogP contribution in [0.4, 0.5) is 10.7 Å². The van der Waals surface area contributed by atoms with Gasteiger partial charge in [-0.3, -0.25) is 18.9 Å². The third-order valence-electron chi connectivity index (χ3n) is 5.06. The lowest BCUT2D eigenvalue weighted by Gasteiger charge is -2.34. The molecule has 0 aliphatic carbocycles. The number of aromatic amines is 1. The number of para-hydroxylation sites is 2. The standard InChI is InChI=1S/C18H20N6O5/c1-21-14-13(15(25)20-17(21)26)24(11-5-3-4-6-12(11)29-2)16(19-14)22-7-9-23(10-8-22)18(27)28/h3-6H,7-10H2,1-2H3,(H,27,28)(H,20,25,26). The maximum Gasteiger partial charge on any atom is 0.407 e. The highest BCUT2D eigenvalue weighted by molar-refractivity contribution is 5.79. The van der Waals surface area contributed by atoms with E-state index in [4.69, 9.17) is 4.74 Å². The molecule has 152 valence electrons. The third-order valence-corrected chi connectivity index (χ3v) is 5.06. The molecule has 1 fully saturated rings. The number of nitrogens with one attached hydrogen (secondary N) is 1. The van der Waals surface area contributed by atoms with Crippen LogP contribution in [0.25, 0.3) is 16.9 Å². The third kappa shape index (κ3) is 3.00. The van der Waals surface area contributed by atoms with Crippen LogP contribution in [-0.2, 0) is 7.05 Å². The normalized spacial score (nSPS) is 14.4. The average Bonchev–Trinajstić information content (AvgIpc) is 3.13. The van der Waals surface area contributed by atoms with E-state index in [1.54, 1.807) is 16.7 Å². The molecule has 0 spiro atoms. The Labute approximate surface area is 164 Å². The second-order valence-corrected chi connectivity index (χ2v) is 6.67. The van der Waals surface area contributed by atoms with Crippen LogP contribution < -0.4 is 20.9 Å². The maximum atomic E-state index is 12.7. The van der Waals surface area contributed by atoms with E-state index in [2.05, 4.69) is 9.97 Å². The highest BCUT2D eigenvalue weighted by Gasteiger charge is 2.28. The van der Waals surface area contributed by atoms with Gasteiger partial charge < -0.3 is 19.6 Å². The zero-order chi connectivity index (χ0) is 20.7. The lowest BCUT2D eigenvalue weighted by molar-refractivity contribution is 0.142. The van der Waals surface area contributed by atoms with Gasteiger partial charge in [-0.25, -0.2) is 9.59 Å². The number of carbonyl (C=O) groups is 1. The molecule has 0 unspecified atom stereocenters.